The predicted octanol–water partition coefficient (Wildman–Crippen LogP) is 16.9. The van der Waals surface area contributed by atoms with Crippen LogP contribution in [0.2, 0.25) is 0 Å². The van der Waals surface area contributed by atoms with E-state index >= 15 is 0 Å². The number of fused-ring (bicyclic) bond motifs is 8. The molecule has 7 aliphatic carbocycles. The van der Waals surface area contributed by atoms with Crippen LogP contribution >= 0.6 is 0 Å². The average Bonchev–Trinajstić information content (AvgIpc) is 4.14. The first kappa shape index (κ1) is 68.8. The number of rotatable bonds is 0. The topological polar surface area (TPSA) is 69.4 Å². The molecule has 6 heterocycles. The number of hydrogen-bond donors (Lipinski definition) is 5. The van der Waals surface area contributed by atoms with Crippen LogP contribution in [0.25, 0.3) is 0 Å². The van der Waals surface area contributed by atoms with Crippen LogP contribution in [-0.2, 0) is 4.74 Å². The number of piperidine rings is 4. The first-order valence-electron chi connectivity index (χ1n) is 31.8. The van der Waals surface area contributed by atoms with Crippen LogP contribution in [-0.4, -0.2) is 76.1 Å². The molecule has 13 fully saturated rings. The molecule has 5 N–H and O–H groups in total. The zero-order valence-electron chi connectivity index (χ0n) is 51.9. The first-order valence-corrected chi connectivity index (χ1v) is 31.8. The minimum atomic E-state index is 0.290. The summed E-state index contributed by atoms with van der Waals surface area (Å²) in [6.07, 6.45) is 34.0. The molecule has 7 saturated carbocycles. The highest BCUT2D eigenvalue weighted by Crippen LogP contribution is 2.52. The molecule has 6 heteroatoms. The van der Waals surface area contributed by atoms with E-state index in [2.05, 4.69) is 151 Å². The Morgan fingerprint density at radius 2 is 0.704 bits per heavy atom. The largest absolute Gasteiger partial charge is 0.372 e. The second-order valence-corrected chi connectivity index (χ2v) is 28.8. The van der Waals surface area contributed by atoms with Crippen molar-refractivity contribution in [1.29, 1.82) is 0 Å². The Labute approximate surface area is 448 Å². The van der Waals surface area contributed by atoms with Crippen LogP contribution in [0.4, 0.5) is 0 Å². The first-order chi connectivity index (χ1) is 33.5. The van der Waals surface area contributed by atoms with E-state index in [9.17, 15) is 0 Å². The molecule has 2 unspecified atom stereocenters. The van der Waals surface area contributed by atoms with Gasteiger partial charge >= 0.3 is 0 Å². The lowest BCUT2D eigenvalue weighted by atomic mass is 9.68. The highest BCUT2D eigenvalue weighted by atomic mass is 16.5. The Morgan fingerprint density at radius 1 is 0.352 bits per heavy atom. The van der Waals surface area contributed by atoms with Gasteiger partial charge in [0.1, 0.15) is 0 Å². The van der Waals surface area contributed by atoms with Crippen molar-refractivity contribution in [2.24, 2.45) is 70.5 Å². The Morgan fingerprint density at radius 3 is 0.873 bits per heavy atom. The van der Waals surface area contributed by atoms with Crippen LogP contribution < -0.4 is 26.6 Å². The standard InChI is InChI=1S/C8H14.C7H13NO.2C7H13N.2C6H11N.6C4H10/c1-2-5-8(4-1)6-3-7-8;1-2-7(3-1)6-8-4-5-9-7;1-3-7-4-2-6(1)5-8-7;1-2-6-4-8-5-7(6)3-1;2*1-2-6-3-5(1)4-7-6;6*1-4(2)3/h1-7H2;8H,1-6H2;2*6-8H,1-5H2;2*5-7H,1-4H2;6*4H,1-3H3/t;;;6-,7+;2*5-,6?;;;;;;/m....10....../s1. The van der Waals surface area contributed by atoms with Crippen LogP contribution in [0.5, 0.6) is 0 Å². The highest BCUT2D eigenvalue weighted by Gasteiger charge is 2.40. The maximum absolute atomic E-state index is 5.64. The van der Waals surface area contributed by atoms with E-state index in [1.807, 2.05) is 0 Å². The van der Waals surface area contributed by atoms with Gasteiger partial charge in [-0.15, -0.1) is 0 Å². The molecule has 0 aromatic carbocycles. The smallest absolute Gasteiger partial charge is 0.0807 e. The van der Waals surface area contributed by atoms with Crippen LogP contribution in [0, 0.1) is 70.5 Å². The van der Waals surface area contributed by atoms with Crippen molar-refractivity contribution in [3.05, 3.63) is 0 Å². The fourth-order valence-corrected chi connectivity index (χ4v) is 11.5. The maximum atomic E-state index is 5.64. The summed E-state index contributed by atoms with van der Waals surface area (Å²) in [5.41, 5.74) is 1.21. The molecule has 0 amide bonds. The van der Waals surface area contributed by atoms with E-state index in [-0.39, 0.29) is 5.60 Å². The lowest BCUT2D eigenvalue weighted by molar-refractivity contribution is -0.115. The van der Waals surface area contributed by atoms with E-state index < -0.39 is 0 Å². The van der Waals surface area contributed by atoms with Gasteiger partial charge in [-0.2, -0.15) is 0 Å². The van der Waals surface area contributed by atoms with Crippen molar-refractivity contribution in [3.63, 3.8) is 0 Å². The quantitative estimate of drug-likeness (QED) is 0.167. The molecule has 2 spiro atoms. The highest BCUT2D eigenvalue weighted by molar-refractivity contribution is 4.94. The number of nitrogens with one attached hydrogen (secondary N) is 5. The van der Waals surface area contributed by atoms with E-state index in [1.54, 1.807) is 25.7 Å². The number of hydrogen-bond acceptors (Lipinski definition) is 6. The average molecular weight is 1000 g/mol. The SMILES string of the molecule is C1CC2(C1)CNCCO2.C1CC2CCC1CN2.C1CCC2(C1)CCC2.C1C[C@@H]2CNC1C2.C1C[C@@H]2CNC[C@@H]2C1.C1C[C@H]2CNC1C2.CC(C)C.CC(C)C.CC(C)C.CC(C)C.CC(C)C.CC(C)C. The Kier molecular flexibility index (Phi) is 38.8. The summed E-state index contributed by atoms with van der Waals surface area (Å²) in [5, 5.41) is 17.2. The molecule has 71 heavy (non-hydrogen) atoms. The normalized spacial score (nSPS) is 30.4. The van der Waals surface area contributed by atoms with Gasteiger partial charge in [-0.3, -0.25) is 0 Å². The van der Waals surface area contributed by atoms with E-state index in [4.69, 9.17) is 4.74 Å². The Bertz CT molecular complexity index is 1010. The molecule has 0 aromatic heterocycles. The molecular weight excluding hydrogens is 867 g/mol. The van der Waals surface area contributed by atoms with Crippen molar-refractivity contribution < 1.29 is 4.74 Å². The van der Waals surface area contributed by atoms with Crippen molar-refractivity contribution in [2.75, 3.05) is 52.4 Å². The second kappa shape index (κ2) is 40.0. The second-order valence-electron chi connectivity index (χ2n) is 28.8. The summed E-state index contributed by atoms with van der Waals surface area (Å²) < 4.78 is 5.64. The molecule has 6 aliphatic heterocycles. The van der Waals surface area contributed by atoms with Crippen molar-refractivity contribution >= 4 is 0 Å². The predicted molar refractivity (Wildman–Crippen MR) is 319 cm³/mol. The van der Waals surface area contributed by atoms with Gasteiger partial charge < -0.3 is 31.3 Å². The molecule has 6 nitrogen and oxygen atoms in total. The lowest BCUT2D eigenvalue weighted by Crippen LogP contribution is -2.53. The maximum Gasteiger partial charge on any atom is 0.0807 e. The monoisotopic (exact) mass is 1000 g/mol. The fraction of sp³-hybridized carbons (Fsp3) is 1.00. The van der Waals surface area contributed by atoms with E-state index in [0.717, 1.165) is 108 Å². The van der Waals surface area contributed by atoms with Gasteiger partial charge in [0.2, 0.25) is 0 Å². The molecule has 426 valence electrons. The molecule has 6 bridgehead atoms. The Hall–Kier alpha value is -0.240. The lowest BCUT2D eigenvalue weighted by Gasteiger charge is -2.44. The van der Waals surface area contributed by atoms with Crippen LogP contribution in [0.1, 0.15) is 272 Å². The zero-order valence-corrected chi connectivity index (χ0v) is 51.9. The molecule has 0 aromatic rings. The number of morpholine rings is 1. The van der Waals surface area contributed by atoms with Gasteiger partial charge in [-0.05, 0) is 225 Å². The minimum absolute atomic E-state index is 0.290. The van der Waals surface area contributed by atoms with E-state index in [0.29, 0.717) is 0 Å². The molecule has 13 rings (SSSR count). The van der Waals surface area contributed by atoms with Crippen molar-refractivity contribution in [2.45, 2.75) is 296 Å². The number of ether oxygens (including phenoxy) is 1. The molecule has 13 aliphatic rings. The summed E-state index contributed by atoms with van der Waals surface area (Å²) in [6, 6.07) is 2.75. The molecule has 6 atom stereocenters. The summed E-state index contributed by atoms with van der Waals surface area (Å²) in [4.78, 5) is 0. The van der Waals surface area contributed by atoms with Crippen molar-refractivity contribution in [3.8, 4) is 0 Å². The molecule has 6 saturated heterocycles. The van der Waals surface area contributed by atoms with Crippen LogP contribution in [0.3, 0.4) is 0 Å². The van der Waals surface area contributed by atoms with Crippen molar-refractivity contribution in [1.82, 2.24) is 26.6 Å². The summed E-state index contributed by atoms with van der Waals surface area (Å²) in [6.45, 7) is 48.6. The minimum Gasteiger partial charge on any atom is -0.372 e. The Balaban J connectivity index is 0.000000394. The third-order valence-corrected chi connectivity index (χ3v) is 15.1. The van der Waals surface area contributed by atoms with E-state index in [1.165, 1.54) is 155 Å². The van der Waals surface area contributed by atoms with Crippen LogP contribution in [0.15, 0.2) is 0 Å². The van der Waals surface area contributed by atoms with Gasteiger partial charge in [0.05, 0.1) is 12.2 Å². The van der Waals surface area contributed by atoms with Gasteiger partial charge in [-0.25, -0.2) is 0 Å². The zero-order chi connectivity index (χ0) is 53.2. The van der Waals surface area contributed by atoms with Gasteiger partial charge in [0.15, 0.2) is 0 Å². The molecule has 0 radical (unpaired) electrons. The molecular formula is C65H135N5O. The summed E-state index contributed by atoms with van der Waals surface area (Å²) in [5.74, 6) is 10.3. The summed E-state index contributed by atoms with van der Waals surface area (Å²) in [7, 11) is 0. The summed E-state index contributed by atoms with van der Waals surface area (Å²) >= 11 is 0. The van der Waals surface area contributed by atoms with Gasteiger partial charge in [0, 0.05) is 31.2 Å². The van der Waals surface area contributed by atoms with Gasteiger partial charge in [-0.1, -0.05) is 150 Å². The third kappa shape index (κ3) is 36.4. The van der Waals surface area contributed by atoms with Gasteiger partial charge in [0.25, 0.3) is 0 Å². The fourth-order valence-electron chi connectivity index (χ4n) is 11.5. The third-order valence-electron chi connectivity index (χ3n) is 15.1.